The third-order valence-corrected chi connectivity index (χ3v) is 3.40. The molecule has 1 saturated heterocycles. The lowest BCUT2D eigenvalue weighted by Crippen LogP contribution is -2.27. The molecule has 2 aromatic rings. The van der Waals surface area contributed by atoms with E-state index in [0.717, 1.165) is 18.8 Å². The van der Waals surface area contributed by atoms with Crippen LogP contribution >= 0.6 is 0 Å². The number of para-hydroxylation sites is 1. The molecule has 0 aliphatic carbocycles. The van der Waals surface area contributed by atoms with Gasteiger partial charge in [0.15, 0.2) is 0 Å². The standard InChI is InChI=1S/C13H17N3/c1-10-12-6-2-3-7-13(12)16(15-10)9-11-5-4-8-14-11/h2-3,6-7,11,14H,4-5,8-9H2,1H3. The molecule has 1 aromatic carbocycles. The number of fused-ring (bicyclic) bond motifs is 1. The van der Waals surface area contributed by atoms with E-state index in [4.69, 9.17) is 0 Å². The SMILES string of the molecule is Cc1nn(CC2CCCN2)c2ccccc12. The van der Waals surface area contributed by atoms with Crippen LogP contribution in [0.15, 0.2) is 24.3 Å². The topological polar surface area (TPSA) is 29.9 Å². The van der Waals surface area contributed by atoms with Crippen LogP contribution in [-0.4, -0.2) is 22.4 Å². The molecule has 84 valence electrons. The Bertz CT molecular complexity index is 495. The minimum Gasteiger partial charge on any atom is -0.312 e. The molecule has 3 nitrogen and oxygen atoms in total. The minimum absolute atomic E-state index is 0.600. The lowest BCUT2D eigenvalue weighted by Gasteiger charge is -2.10. The summed E-state index contributed by atoms with van der Waals surface area (Å²) in [7, 11) is 0. The number of aromatic nitrogens is 2. The highest BCUT2D eigenvalue weighted by atomic mass is 15.3. The third-order valence-electron chi connectivity index (χ3n) is 3.40. The molecule has 1 aliphatic rings. The number of benzene rings is 1. The van der Waals surface area contributed by atoms with Gasteiger partial charge in [-0.25, -0.2) is 0 Å². The van der Waals surface area contributed by atoms with Crippen LogP contribution in [-0.2, 0) is 6.54 Å². The van der Waals surface area contributed by atoms with E-state index in [2.05, 4.69) is 46.3 Å². The Morgan fingerprint density at radius 2 is 2.31 bits per heavy atom. The van der Waals surface area contributed by atoms with Gasteiger partial charge < -0.3 is 5.32 Å². The highest BCUT2D eigenvalue weighted by Gasteiger charge is 2.16. The molecule has 1 unspecified atom stereocenters. The second-order valence-electron chi connectivity index (χ2n) is 4.58. The van der Waals surface area contributed by atoms with Gasteiger partial charge in [0.1, 0.15) is 0 Å². The van der Waals surface area contributed by atoms with Crippen molar-refractivity contribution < 1.29 is 0 Å². The first kappa shape index (κ1) is 9.85. The molecule has 2 heterocycles. The average molecular weight is 215 g/mol. The molecule has 1 aromatic heterocycles. The van der Waals surface area contributed by atoms with Crippen molar-refractivity contribution in [1.29, 1.82) is 0 Å². The van der Waals surface area contributed by atoms with Crippen LogP contribution in [0.5, 0.6) is 0 Å². The first-order valence-electron chi connectivity index (χ1n) is 6.00. The van der Waals surface area contributed by atoms with Crippen molar-refractivity contribution in [1.82, 2.24) is 15.1 Å². The van der Waals surface area contributed by atoms with E-state index in [9.17, 15) is 0 Å². The van der Waals surface area contributed by atoms with Crippen LogP contribution in [0.25, 0.3) is 10.9 Å². The van der Waals surface area contributed by atoms with Gasteiger partial charge in [-0.05, 0) is 32.4 Å². The summed E-state index contributed by atoms with van der Waals surface area (Å²) in [4.78, 5) is 0. The van der Waals surface area contributed by atoms with E-state index in [1.54, 1.807) is 0 Å². The van der Waals surface area contributed by atoms with Gasteiger partial charge >= 0.3 is 0 Å². The van der Waals surface area contributed by atoms with Gasteiger partial charge in [0.25, 0.3) is 0 Å². The molecule has 0 amide bonds. The Kier molecular flexibility index (Phi) is 2.40. The van der Waals surface area contributed by atoms with Gasteiger partial charge in [-0.15, -0.1) is 0 Å². The minimum atomic E-state index is 0.600. The molecule has 0 bridgehead atoms. The molecule has 0 radical (unpaired) electrons. The quantitative estimate of drug-likeness (QED) is 0.831. The fourth-order valence-corrected chi connectivity index (χ4v) is 2.55. The van der Waals surface area contributed by atoms with E-state index in [0.29, 0.717) is 6.04 Å². The number of nitrogens with zero attached hydrogens (tertiary/aromatic N) is 2. The Balaban J connectivity index is 1.96. The maximum absolute atomic E-state index is 4.63. The van der Waals surface area contributed by atoms with Crippen LogP contribution in [0.1, 0.15) is 18.5 Å². The lowest BCUT2D eigenvalue weighted by molar-refractivity contribution is 0.484. The molecule has 1 aliphatic heterocycles. The fraction of sp³-hybridized carbons (Fsp3) is 0.462. The van der Waals surface area contributed by atoms with E-state index in [1.165, 1.54) is 23.7 Å². The van der Waals surface area contributed by atoms with Gasteiger partial charge in [0.05, 0.1) is 17.8 Å². The summed E-state index contributed by atoms with van der Waals surface area (Å²) in [6, 6.07) is 9.07. The van der Waals surface area contributed by atoms with E-state index >= 15 is 0 Å². The number of hydrogen-bond acceptors (Lipinski definition) is 2. The predicted octanol–water partition coefficient (Wildman–Crippen LogP) is 2.10. The zero-order chi connectivity index (χ0) is 11.0. The van der Waals surface area contributed by atoms with Crippen LogP contribution in [0, 0.1) is 6.92 Å². The second kappa shape index (κ2) is 3.91. The maximum atomic E-state index is 4.63. The summed E-state index contributed by atoms with van der Waals surface area (Å²) >= 11 is 0. The molecule has 1 N–H and O–H groups in total. The number of nitrogens with one attached hydrogen (secondary N) is 1. The first-order chi connectivity index (χ1) is 7.84. The van der Waals surface area contributed by atoms with Crippen LogP contribution in [0.4, 0.5) is 0 Å². The van der Waals surface area contributed by atoms with Gasteiger partial charge in [0.2, 0.25) is 0 Å². The summed E-state index contributed by atoms with van der Waals surface area (Å²) < 4.78 is 2.15. The zero-order valence-electron chi connectivity index (χ0n) is 9.61. The molecule has 0 spiro atoms. The van der Waals surface area contributed by atoms with Gasteiger partial charge in [-0.2, -0.15) is 5.10 Å². The van der Waals surface area contributed by atoms with Crippen molar-refractivity contribution in [3.8, 4) is 0 Å². The summed E-state index contributed by atoms with van der Waals surface area (Å²) in [6.45, 7) is 4.23. The van der Waals surface area contributed by atoms with Gasteiger partial charge in [-0.3, -0.25) is 4.68 Å². The maximum Gasteiger partial charge on any atom is 0.0685 e. The van der Waals surface area contributed by atoms with E-state index in [-0.39, 0.29) is 0 Å². The van der Waals surface area contributed by atoms with Crippen molar-refractivity contribution in [3.05, 3.63) is 30.0 Å². The highest BCUT2D eigenvalue weighted by molar-refractivity contribution is 5.81. The molecular formula is C13H17N3. The molecular weight excluding hydrogens is 198 g/mol. The second-order valence-corrected chi connectivity index (χ2v) is 4.58. The average Bonchev–Trinajstić information content (AvgIpc) is 2.90. The molecule has 3 heteroatoms. The number of hydrogen-bond donors (Lipinski definition) is 1. The van der Waals surface area contributed by atoms with Crippen LogP contribution < -0.4 is 5.32 Å². The largest absolute Gasteiger partial charge is 0.312 e. The smallest absolute Gasteiger partial charge is 0.0685 e. The highest BCUT2D eigenvalue weighted by Crippen LogP contribution is 2.18. The predicted molar refractivity (Wildman–Crippen MR) is 65.5 cm³/mol. The molecule has 1 atom stereocenters. The lowest BCUT2D eigenvalue weighted by atomic mass is 10.2. The van der Waals surface area contributed by atoms with Crippen molar-refractivity contribution in [2.45, 2.75) is 32.4 Å². The number of rotatable bonds is 2. The molecule has 16 heavy (non-hydrogen) atoms. The molecule has 1 fully saturated rings. The van der Waals surface area contributed by atoms with Crippen LogP contribution in [0.2, 0.25) is 0 Å². The Hall–Kier alpha value is -1.35. The molecule has 3 rings (SSSR count). The summed E-state index contributed by atoms with van der Waals surface area (Å²) in [5, 5.41) is 9.43. The van der Waals surface area contributed by atoms with Gasteiger partial charge in [-0.1, -0.05) is 18.2 Å². The molecule has 0 saturated carbocycles. The monoisotopic (exact) mass is 215 g/mol. The van der Waals surface area contributed by atoms with E-state index < -0.39 is 0 Å². The van der Waals surface area contributed by atoms with Gasteiger partial charge in [0, 0.05) is 11.4 Å². The fourth-order valence-electron chi connectivity index (χ4n) is 2.55. The Morgan fingerprint density at radius 1 is 1.44 bits per heavy atom. The van der Waals surface area contributed by atoms with Crippen LogP contribution in [0.3, 0.4) is 0 Å². The number of aryl methyl sites for hydroxylation is 1. The third kappa shape index (κ3) is 1.61. The normalized spacial score (nSPS) is 20.7. The summed E-state index contributed by atoms with van der Waals surface area (Å²) in [5.41, 5.74) is 2.39. The van der Waals surface area contributed by atoms with Crippen molar-refractivity contribution in [2.75, 3.05) is 6.54 Å². The first-order valence-corrected chi connectivity index (χ1v) is 6.00. The van der Waals surface area contributed by atoms with E-state index in [1.807, 2.05) is 0 Å². The Labute approximate surface area is 95.5 Å². The van der Waals surface area contributed by atoms with Crippen molar-refractivity contribution in [2.24, 2.45) is 0 Å². The summed E-state index contributed by atoms with van der Waals surface area (Å²) in [5.74, 6) is 0. The Morgan fingerprint density at radius 3 is 3.12 bits per heavy atom. The van der Waals surface area contributed by atoms with Crippen molar-refractivity contribution in [3.63, 3.8) is 0 Å². The summed E-state index contributed by atoms with van der Waals surface area (Å²) in [6.07, 6.45) is 2.57. The zero-order valence-corrected chi connectivity index (χ0v) is 9.61. The van der Waals surface area contributed by atoms with Crippen molar-refractivity contribution >= 4 is 10.9 Å².